The van der Waals surface area contributed by atoms with Crippen LogP contribution in [0.2, 0.25) is 5.15 Å². The van der Waals surface area contributed by atoms with Crippen LogP contribution < -0.4 is 5.32 Å². The van der Waals surface area contributed by atoms with E-state index in [0.29, 0.717) is 29.4 Å². The van der Waals surface area contributed by atoms with Gasteiger partial charge in [-0.1, -0.05) is 25.4 Å². The van der Waals surface area contributed by atoms with E-state index in [0.717, 1.165) is 0 Å². The molecule has 0 unspecified atom stereocenters. The fourth-order valence-corrected chi connectivity index (χ4v) is 2.88. The normalized spacial score (nSPS) is 12.0. The molecule has 150 valence electrons. The average molecular weight is 406 g/mol. The fraction of sp³-hybridized carbons (Fsp3) is 0.400. The van der Waals surface area contributed by atoms with Gasteiger partial charge in [-0.3, -0.25) is 14.3 Å². The van der Waals surface area contributed by atoms with Crippen LogP contribution in [0.3, 0.4) is 0 Å². The number of carbonyl (C=O) groups is 3. The standard InChI is InChI=1S/C20H24ClN3O4/c1-11(2)10-24-18(21)17(12(3)23-24)20(27)28-14(5)19(26)22-16-8-6-15(7-9-16)13(4)25/h6-9,11,14H,10H2,1-5H3,(H,22,26)/t14-/m0/s1. The van der Waals surface area contributed by atoms with Crippen molar-refractivity contribution in [1.29, 1.82) is 0 Å². The lowest BCUT2D eigenvalue weighted by Gasteiger charge is -2.14. The van der Waals surface area contributed by atoms with Gasteiger partial charge in [0.15, 0.2) is 11.9 Å². The van der Waals surface area contributed by atoms with Crippen molar-refractivity contribution in [2.24, 2.45) is 5.92 Å². The van der Waals surface area contributed by atoms with E-state index in [1.807, 2.05) is 13.8 Å². The molecule has 0 saturated carbocycles. The highest BCUT2D eigenvalue weighted by molar-refractivity contribution is 6.32. The molecule has 0 aliphatic carbocycles. The van der Waals surface area contributed by atoms with Gasteiger partial charge in [0.05, 0.1) is 5.69 Å². The SMILES string of the molecule is CC(=O)c1ccc(NC(=O)[C@H](C)OC(=O)c2c(C)nn(CC(C)C)c2Cl)cc1. The summed E-state index contributed by atoms with van der Waals surface area (Å²) in [5.74, 6) is -0.954. The number of rotatable bonds is 7. The first-order valence-electron chi connectivity index (χ1n) is 8.95. The van der Waals surface area contributed by atoms with Crippen LogP contribution in [0.1, 0.15) is 54.1 Å². The lowest BCUT2D eigenvalue weighted by Crippen LogP contribution is -2.30. The Kier molecular flexibility index (Phi) is 6.96. The minimum atomic E-state index is -1.04. The second-order valence-corrected chi connectivity index (χ2v) is 7.36. The predicted octanol–water partition coefficient (Wildman–Crippen LogP) is 3.89. The average Bonchev–Trinajstić information content (AvgIpc) is 2.88. The van der Waals surface area contributed by atoms with Crippen LogP contribution in [0, 0.1) is 12.8 Å². The number of anilines is 1. The number of esters is 1. The van der Waals surface area contributed by atoms with E-state index >= 15 is 0 Å². The number of ketones is 1. The highest BCUT2D eigenvalue weighted by atomic mass is 35.5. The molecule has 0 bridgehead atoms. The number of carbonyl (C=O) groups excluding carboxylic acids is 3. The molecule has 1 atom stereocenters. The first-order chi connectivity index (χ1) is 13.1. The summed E-state index contributed by atoms with van der Waals surface area (Å²) in [6.45, 7) is 9.20. The molecule has 1 aromatic carbocycles. The highest BCUT2D eigenvalue weighted by Gasteiger charge is 2.26. The van der Waals surface area contributed by atoms with E-state index in [1.165, 1.54) is 13.8 Å². The van der Waals surface area contributed by atoms with Gasteiger partial charge in [-0.25, -0.2) is 4.79 Å². The van der Waals surface area contributed by atoms with E-state index in [1.54, 1.807) is 35.9 Å². The Balaban J connectivity index is 2.04. The van der Waals surface area contributed by atoms with Crippen LogP contribution in [0.25, 0.3) is 0 Å². The lowest BCUT2D eigenvalue weighted by atomic mass is 10.1. The quantitative estimate of drug-likeness (QED) is 0.557. The minimum Gasteiger partial charge on any atom is -0.449 e. The zero-order valence-electron chi connectivity index (χ0n) is 16.6. The Morgan fingerprint density at radius 1 is 1.18 bits per heavy atom. The van der Waals surface area contributed by atoms with Crippen LogP contribution in [0.5, 0.6) is 0 Å². The Morgan fingerprint density at radius 2 is 1.79 bits per heavy atom. The van der Waals surface area contributed by atoms with Crippen LogP contribution in [-0.4, -0.2) is 33.5 Å². The zero-order chi connectivity index (χ0) is 21.0. The molecule has 2 rings (SSSR count). The Bertz CT molecular complexity index is 888. The van der Waals surface area contributed by atoms with E-state index in [2.05, 4.69) is 10.4 Å². The number of halogens is 1. The number of hydrogen-bond acceptors (Lipinski definition) is 5. The molecule has 2 aromatic rings. The van der Waals surface area contributed by atoms with E-state index in [4.69, 9.17) is 16.3 Å². The van der Waals surface area contributed by atoms with Gasteiger partial charge in [-0.2, -0.15) is 5.10 Å². The molecule has 0 fully saturated rings. The summed E-state index contributed by atoms with van der Waals surface area (Å²) < 4.78 is 6.82. The minimum absolute atomic E-state index is 0.0644. The van der Waals surface area contributed by atoms with Gasteiger partial charge < -0.3 is 10.1 Å². The van der Waals surface area contributed by atoms with Crippen LogP contribution >= 0.6 is 11.6 Å². The van der Waals surface area contributed by atoms with Crippen LogP contribution in [0.15, 0.2) is 24.3 Å². The third-order valence-corrected chi connectivity index (χ3v) is 4.40. The molecule has 7 nitrogen and oxygen atoms in total. The predicted molar refractivity (Wildman–Crippen MR) is 107 cm³/mol. The van der Waals surface area contributed by atoms with Gasteiger partial charge in [0.2, 0.25) is 0 Å². The van der Waals surface area contributed by atoms with Crippen molar-refractivity contribution in [2.75, 3.05) is 5.32 Å². The molecule has 1 aromatic heterocycles. The molecule has 0 saturated heterocycles. The van der Waals surface area contributed by atoms with E-state index in [9.17, 15) is 14.4 Å². The van der Waals surface area contributed by atoms with Crippen molar-refractivity contribution in [2.45, 2.75) is 47.3 Å². The molecule has 28 heavy (non-hydrogen) atoms. The molecule has 1 heterocycles. The fourth-order valence-electron chi connectivity index (χ4n) is 2.56. The molecule has 0 aliphatic heterocycles. The molecule has 0 radical (unpaired) electrons. The summed E-state index contributed by atoms with van der Waals surface area (Å²) >= 11 is 6.27. The van der Waals surface area contributed by atoms with Gasteiger partial charge in [0, 0.05) is 17.8 Å². The van der Waals surface area contributed by atoms with Crippen molar-refractivity contribution in [3.8, 4) is 0 Å². The second-order valence-electron chi connectivity index (χ2n) is 7.00. The number of aromatic nitrogens is 2. The maximum Gasteiger partial charge on any atom is 0.343 e. The van der Waals surface area contributed by atoms with Crippen molar-refractivity contribution in [3.05, 3.63) is 46.2 Å². The summed E-state index contributed by atoms with van der Waals surface area (Å²) in [6.07, 6.45) is -1.04. The summed E-state index contributed by atoms with van der Waals surface area (Å²) in [5, 5.41) is 7.11. The van der Waals surface area contributed by atoms with Gasteiger partial charge in [0.25, 0.3) is 5.91 Å². The van der Waals surface area contributed by atoms with E-state index in [-0.39, 0.29) is 16.5 Å². The molecule has 8 heteroatoms. The Labute approximate surface area is 169 Å². The van der Waals surface area contributed by atoms with Gasteiger partial charge in [-0.05, 0) is 51.0 Å². The zero-order valence-corrected chi connectivity index (χ0v) is 17.3. The van der Waals surface area contributed by atoms with Gasteiger partial charge in [-0.15, -0.1) is 0 Å². The summed E-state index contributed by atoms with van der Waals surface area (Å²) in [5.41, 5.74) is 1.65. The van der Waals surface area contributed by atoms with Crippen molar-refractivity contribution < 1.29 is 19.1 Å². The van der Waals surface area contributed by atoms with Gasteiger partial charge in [0.1, 0.15) is 10.7 Å². The first kappa shape index (κ1) is 21.6. The monoisotopic (exact) mass is 405 g/mol. The number of Topliss-reactive ketones (excluding diaryl/α,β-unsaturated/α-hetero) is 1. The molecule has 1 amide bonds. The third-order valence-electron chi connectivity index (χ3n) is 4.02. The smallest absolute Gasteiger partial charge is 0.343 e. The van der Waals surface area contributed by atoms with Crippen LogP contribution in [-0.2, 0) is 16.1 Å². The number of nitrogens with one attached hydrogen (secondary N) is 1. The number of ether oxygens (including phenoxy) is 1. The first-order valence-corrected chi connectivity index (χ1v) is 9.33. The Hall–Kier alpha value is -2.67. The summed E-state index contributed by atoms with van der Waals surface area (Å²) in [6, 6.07) is 6.45. The second kappa shape index (κ2) is 9.01. The van der Waals surface area contributed by atoms with Crippen LogP contribution in [0.4, 0.5) is 5.69 Å². The molecule has 1 N–H and O–H groups in total. The maximum absolute atomic E-state index is 12.5. The Morgan fingerprint density at radius 3 is 2.32 bits per heavy atom. The number of hydrogen-bond donors (Lipinski definition) is 1. The summed E-state index contributed by atoms with van der Waals surface area (Å²) in [4.78, 5) is 36.1. The highest BCUT2D eigenvalue weighted by Crippen LogP contribution is 2.22. The van der Waals surface area contributed by atoms with Crippen molar-refractivity contribution >= 4 is 34.9 Å². The topological polar surface area (TPSA) is 90.3 Å². The molecular weight excluding hydrogens is 382 g/mol. The number of amides is 1. The molecule has 0 aliphatic rings. The third kappa shape index (κ3) is 5.19. The molecule has 0 spiro atoms. The molecular formula is C20H24ClN3O4. The lowest BCUT2D eigenvalue weighted by molar-refractivity contribution is -0.123. The number of benzene rings is 1. The van der Waals surface area contributed by atoms with Gasteiger partial charge >= 0.3 is 5.97 Å². The summed E-state index contributed by atoms with van der Waals surface area (Å²) in [7, 11) is 0. The van der Waals surface area contributed by atoms with E-state index < -0.39 is 18.0 Å². The largest absolute Gasteiger partial charge is 0.449 e. The number of nitrogens with zero attached hydrogens (tertiary/aromatic N) is 2. The van der Waals surface area contributed by atoms with Crippen molar-refractivity contribution in [1.82, 2.24) is 9.78 Å². The number of aryl methyl sites for hydroxylation is 1. The van der Waals surface area contributed by atoms with Crippen molar-refractivity contribution in [3.63, 3.8) is 0 Å². The maximum atomic E-state index is 12.5.